The van der Waals surface area contributed by atoms with E-state index in [1.54, 1.807) is 0 Å². The van der Waals surface area contributed by atoms with E-state index in [0.29, 0.717) is 6.07 Å². The van der Waals surface area contributed by atoms with Crippen LogP contribution in [0.2, 0.25) is 0 Å². The predicted octanol–water partition coefficient (Wildman–Crippen LogP) is 2.76. The van der Waals surface area contributed by atoms with Crippen LogP contribution in [0.25, 0.3) is 10.9 Å². The fourth-order valence-electron chi connectivity index (χ4n) is 2.26. The summed E-state index contributed by atoms with van der Waals surface area (Å²) < 4.78 is 59.0. The molecule has 3 rings (SSSR count). The van der Waals surface area contributed by atoms with Gasteiger partial charge in [-0.1, -0.05) is 0 Å². The van der Waals surface area contributed by atoms with E-state index < -0.39 is 57.9 Å². The molecule has 0 spiro atoms. The fourth-order valence-corrected chi connectivity index (χ4v) is 2.26. The second-order valence-electron chi connectivity index (χ2n) is 4.80. The van der Waals surface area contributed by atoms with E-state index >= 15 is 0 Å². The van der Waals surface area contributed by atoms with Gasteiger partial charge in [0.15, 0.2) is 23.2 Å². The number of ether oxygens (including phenoxy) is 1. The topological polar surface area (TPSA) is 68.5 Å². The van der Waals surface area contributed by atoms with Gasteiger partial charge >= 0.3 is 6.16 Å². The summed E-state index contributed by atoms with van der Waals surface area (Å²) in [5.41, 5.74) is -1.77. The molecule has 0 unspecified atom stereocenters. The molecule has 1 N–H and O–H groups in total. The Bertz CT molecular complexity index is 863. The van der Waals surface area contributed by atoms with E-state index in [1.165, 1.54) is 0 Å². The minimum absolute atomic E-state index is 0.0249. The zero-order valence-electron chi connectivity index (χ0n) is 10.6. The molecule has 0 radical (unpaired) electrons. The van der Waals surface area contributed by atoms with Crippen molar-refractivity contribution in [1.82, 2.24) is 4.57 Å². The summed E-state index contributed by atoms with van der Waals surface area (Å²) in [5.74, 6) is -5.81. The number of halogens is 4. The van der Waals surface area contributed by atoms with Gasteiger partial charge in [-0.2, -0.15) is 0 Å². The van der Waals surface area contributed by atoms with Gasteiger partial charge < -0.3 is 14.4 Å². The zero-order chi connectivity index (χ0) is 16.2. The molecule has 116 valence electrons. The minimum atomic E-state index is -1.82. The quantitative estimate of drug-likeness (QED) is 0.525. The number of hydrogen-bond donors (Lipinski definition) is 1. The number of hydrogen-bond acceptors (Lipinski definition) is 3. The molecule has 1 saturated carbocycles. The van der Waals surface area contributed by atoms with Crippen LogP contribution in [-0.2, 0) is 0 Å². The van der Waals surface area contributed by atoms with Crippen molar-refractivity contribution in [3.05, 3.63) is 39.9 Å². The van der Waals surface area contributed by atoms with E-state index in [2.05, 4.69) is 4.74 Å². The molecule has 1 aliphatic carbocycles. The van der Waals surface area contributed by atoms with Crippen LogP contribution in [0.5, 0.6) is 5.75 Å². The highest BCUT2D eigenvalue weighted by Gasteiger charge is 2.41. The molecule has 2 aromatic rings. The van der Waals surface area contributed by atoms with Gasteiger partial charge in [0.25, 0.3) is 0 Å². The van der Waals surface area contributed by atoms with Gasteiger partial charge in [0.2, 0.25) is 5.43 Å². The average molecular weight is 317 g/mol. The molecule has 0 bridgehead atoms. The van der Waals surface area contributed by atoms with Crippen LogP contribution in [0.3, 0.4) is 0 Å². The molecular formula is C13H7F4NO4. The monoisotopic (exact) mass is 317 g/mol. The molecule has 9 heteroatoms. The molecule has 1 aliphatic rings. The van der Waals surface area contributed by atoms with Crippen LogP contribution >= 0.6 is 0 Å². The highest BCUT2D eigenvalue weighted by atomic mass is 19.2. The van der Waals surface area contributed by atoms with Crippen LogP contribution in [0.15, 0.2) is 17.1 Å². The summed E-state index contributed by atoms with van der Waals surface area (Å²) in [4.78, 5) is 22.6. The van der Waals surface area contributed by atoms with Gasteiger partial charge in [0.05, 0.1) is 23.1 Å². The standard InChI is InChI=1S/C13H7F4NO4/c14-5-2-7(5)18-3-8(22-13(20)21)12(19)4-1-6(15)9(16)10(17)11(4)18/h1,3,5,7H,2H2,(H,20,21)/t5-,7+/m0/s1. The second-order valence-corrected chi connectivity index (χ2v) is 4.80. The summed E-state index contributed by atoms with van der Waals surface area (Å²) in [6.45, 7) is 0. The maximum atomic E-state index is 14.0. The Morgan fingerprint density at radius 2 is 1.95 bits per heavy atom. The summed E-state index contributed by atoms with van der Waals surface area (Å²) in [6.07, 6.45) is -2.43. The van der Waals surface area contributed by atoms with Crippen LogP contribution in [0.1, 0.15) is 12.5 Å². The lowest BCUT2D eigenvalue weighted by Gasteiger charge is -2.13. The molecule has 0 amide bonds. The van der Waals surface area contributed by atoms with E-state index in [9.17, 15) is 27.2 Å². The number of fused-ring (bicyclic) bond motifs is 1. The first-order chi connectivity index (χ1) is 10.3. The highest BCUT2D eigenvalue weighted by molar-refractivity contribution is 5.82. The van der Waals surface area contributed by atoms with Crippen LogP contribution < -0.4 is 10.2 Å². The van der Waals surface area contributed by atoms with Gasteiger partial charge in [-0.05, 0) is 6.07 Å². The van der Waals surface area contributed by atoms with Crippen LogP contribution in [0, 0.1) is 17.5 Å². The maximum Gasteiger partial charge on any atom is 0.511 e. The van der Waals surface area contributed by atoms with Gasteiger partial charge in [-0.3, -0.25) is 4.79 Å². The van der Waals surface area contributed by atoms with Crippen molar-refractivity contribution in [2.75, 3.05) is 0 Å². The fraction of sp³-hybridized carbons (Fsp3) is 0.231. The third-order valence-electron chi connectivity index (χ3n) is 3.36. The van der Waals surface area contributed by atoms with Crippen LogP contribution in [0.4, 0.5) is 22.4 Å². The molecule has 22 heavy (non-hydrogen) atoms. The third kappa shape index (κ3) is 2.09. The second kappa shape index (κ2) is 4.72. The number of rotatable bonds is 2. The lowest BCUT2D eigenvalue weighted by Crippen LogP contribution is -2.18. The zero-order valence-corrected chi connectivity index (χ0v) is 10.6. The van der Waals surface area contributed by atoms with Crippen molar-refractivity contribution in [3.8, 4) is 5.75 Å². The normalized spacial score (nSPS) is 20.2. The van der Waals surface area contributed by atoms with Crippen molar-refractivity contribution < 1.29 is 32.2 Å². The van der Waals surface area contributed by atoms with Crippen molar-refractivity contribution in [1.29, 1.82) is 0 Å². The number of pyridine rings is 1. The highest BCUT2D eigenvalue weighted by Crippen LogP contribution is 2.41. The Morgan fingerprint density at radius 1 is 1.32 bits per heavy atom. The van der Waals surface area contributed by atoms with E-state index in [-0.39, 0.29) is 6.42 Å². The van der Waals surface area contributed by atoms with Crippen molar-refractivity contribution in [3.63, 3.8) is 0 Å². The molecule has 1 aromatic carbocycles. The number of alkyl halides is 1. The largest absolute Gasteiger partial charge is 0.511 e. The van der Waals surface area contributed by atoms with Gasteiger partial charge in [0.1, 0.15) is 6.17 Å². The average Bonchev–Trinajstić information content (AvgIpc) is 3.16. The lowest BCUT2D eigenvalue weighted by atomic mass is 10.1. The molecule has 0 saturated heterocycles. The summed E-state index contributed by atoms with van der Waals surface area (Å²) in [6, 6.07) is -0.477. The Labute approximate surface area is 119 Å². The number of carboxylic acid groups (broad SMARTS) is 1. The molecule has 2 atom stereocenters. The molecule has 5 nitrogen and oxygen atoms in total. The summed E-state index contributed by atoms with van der Waals surface area (Å²) in [7, 11) is 0. The van der Waals surface area contributed by atoms with Crippen molar-refractivity contribution in [2.24, 2.45) is 0 Å². The Kier molecular flexibility index (Phi) is 3.08. The number of nitrogens with zero attached hydrogens (tertiary/aromatic N) is 1. The van der Waals surface area contributed by atoms with Gasteiger partial charge in [-0.15, -0.1) is 0 Å². The molecular weight excluding hydrogens is 310 g/mol. The molecule has 0 aliphatic heterocycles. The number of aromatic nitrogens is 1. The summed E-state index contributed by atoms with van der Waals surface area (Å²) >= 11 is 0. The lowest BCUT2D eigenvalue weighted by molar-refractivity contribution is 0.143. The Morgan fingerprint density at radius 3 is 2.50 bits per heavy atom. The van der Waals surface area contributed by atoms with E-state index in [0.717, 1.165) is 10.8 Å². The Balaban J connectivity index is 2.39. The summed E-state index contributed by atoms with van der Waals surface area (Å²) in [5, 5.41) is 7.93. The molecule has 1 fully saturated rings. The van der Waals surface area contributed by atoms with Crippen LogP contribution in [-0.4, -0.2) is 22.0 Å². The number of carbonyl (C=O) groups is 1. The molecule has 1 aromatic heterocycles. The first kappa shape index (κ1) is 14.4. The van der Waals surface area contributed by atoms with E-state index in [4.69, 9.17) is 5.11 Å². The van der Waals surface area contributed by atoms with Gasteiger partial charge in [0, 0.05) is 6.42 Å². The van der Waals surface area contributed by atoms with Gasteiger partial charge in [-0.25, -0.2) is 22.4 Å². The smallest absolute Gasteiger partial charge is 0.449 e. The first-order valence-electron chi connectivity index (χ1n) is 6.08. The SMILES string of the molecule is O=C(O)Oc1cn([C@@H]2C[C@@H]2F)c2c(F)c(F)c(F)cc2c1=O. The van der Waals surface area contributed by atoms with Crippen molar-refractivity contribution in [2.45, 2.75) is 18.6 Å². The maximum absolute atomic E-state index is 14.0. The van der Waals surface area contributed by atoms with E-state index in [1.807, 2.05) is 0 Å². The molecule has 1 heterocycles. The number of benzene rings is 1. The minimum Gasteiger partial charge on any atom is -0.449 e. The Hall–Kier alpha value is -2.58. The first-order valence-corrected chi connectivity index (χ1v) is 6.08. The predicted molar refractivity (Wildman–Crippen MR) is 65.3 cm³/mol. The third-order valence-corrected chi connectivity index (χ3v) is 3.36. The van der Waals surface area contributed by atoms with Crippen molar-refractivity contribution >= 4 is 17.1 Å².